The van der Waals surface area contributed by atoms with Crippen LogP contribution in [0, 0.1) is 0 Å². The van der Waals surface area contributed by atoms with Crippen LogP contribution in [0.25, 0.3) is 0 Å². The molecule has 0 spiro atoms. The molecule has 7 nitrogen and oxygen atoms in total. The highest BCUT2D eigenvalue weighted by Gasteiger charge is 2.28. The molecular formula is C18H18ClN3O4S. The highest BCUT2D eigenvalue weighted by atomic mass is 35.5. The number of rotatable bonds is 5. The summed E-state index contributed by atoms with van der Waals surface area (Å²) < 4.78 is 26.7. The fraction of sp³-hybridized carbons (Fsp3) is 0.222. The zero-order valence-electron chi connectivity index (χ0n) is 14.3. The standard InChI is InChI=1S/C18H18ClN3O4S/c19-15-2-1-3-16(12-15)20-18(24)14-4-6-17(7-5-14)27(25,26)22-10-8-21(13-23)9-11-22/h1-7,12-13H,8-11H2,(H,20,24). The lowest BCUT2D eigenvalue weighted by atomic mass is 10.2. The van der Waals surface area contributed by atoms with Crippen LogP contribution in [0.3, 0.4) is 0 Å². The lowest BCUT2D eigenvalue weighted by Gasteiger charge is -2.31. The summed E-state index contributed by atoms with van der Waals surface area (Å²) >= 11 is 5.89. The molecule has 1 heterocycles. The van der Waals surface area contributed by atoms with E-state index in [1.807, 2.05) is 0 Å². The van der Waals surface area contributed by atoms with Crippen LogP contribution in [0.5, 0.6) is 0 Å². The molecule has 0 aliphatic carbocycles. The lowest BCUT2D eigenvalue weighted by Crippen LogP contribution is -2.47. The number of halogens is 1. The van der Waals surface area contributed by atoms with E-state index in [1.54, 1.807) is 24.3 Å². The van der Waals surface area contributed by atoms with Crippen LogP contribution in [0.1, 0.15) is 10.4 Å². The predicted molar refractivity (Wildman–Crippen MR) is 102 cm³/mol. The van der Waals surface area contributed by atoms with Gasteiger partial charge >= 0.3 is 0 Å². The first-order valence-electron chi connectivity index (χ1n) is 8.26. The number of carbonyl (C=O) groups is 2. The van der Waals surface area contributed by atoms with Gasteiger partial charge in [0.25, 0.3) is 5.91 Å². The fourth-order valence-electron chi connectivity index (χ4n) is 2.75. The highest BCUT2D eigenvalue weighted by Crippen LogP contribution is 2.19. The van der Waals surface area contributed by atoms with Gasteiger partial charge < -0.3 is 10.2 Å². The zero-order valence-corrected chi connectivity index (χ0v) is 15.9. The van der Waals surface area contributed by atoms with E-state index < -0.39 is 10.0 Å². The molecule has 0 atom stereocenters. The van der Waals surface area contributed by atoms with Crippen molar-refractivity contribution in [2.45, 2.75) is 4.90 Å². The molecule has 1 aliphatic rings. The summed E-state index contributed by atoms with van der Waals surface area (Å²) in [4.78, 5) is 24.7. The second-order valence-corrected chi connectivity index (χ2v) is 8.41. The Bertz CT molecular complexity index is 939. The third-order valence-electron chi connectivity index (χ3n) is 4.26. The summed E-state index contributed by atoms with van der Waals surface area (Å²) in [6, 6.07) is 12.5. The van der Waals surface area contributed by atoms with Crippen LogP contribution < -0.4 is 5.32 Å². The van der Waals surface area contributed by atoms with Gasteiger partial charge in [-0.15, -0.1) is 0 Å². The number of benzene rings is 2. The van der Waals surface area contributed by atoms with Gasteiger partial charge in [0, 0.05) is 42.5 Å². The molecular weight excluding hydrogens is 390 g/mol. The van der Waals surface area contributed by atoms with E-state index in [0.717, 1.165) is 6.41 Å². The van der Waals surface area contributed by atoms with Crippen LogP contribution in [0.4, 0.5) is 5.69 Å². The summed E-state index contributed by atoms with van der Waals surface area (Å²) in [7, 11) is -3.66. The van der Waals surface area contributed by atoms with Gasteiger partial charge in [-0.1, -0.05) is 17.7 Å². The first kappa shape index (κ1) is 19.3. The van der Waals surface area contributed by atoms with Crippen molar-refractivity contribution < 1.29 is 18.0 Å². The molecule has 2 aromatic rings. The molecule has 0 aromatic heterocycles. The van der Waals surface area contributed by atoms with Gasteiger partial charge in [-0.2, -0.15) is 4.31 Å². The predicted octanol–water partition coefficient (Wildman–Crippen LogP) is 2.05. The maximum absolute atomic E-state index is 12.7. The second kappa shape index (κ2) is 8.08. The van der Waals surface area contributed by atoms with Gasteiger partial charge in [0.05, 0.1) is 4.90 Å². The van der Waals surface area contributed by atoms with Crippen LogP contribution in [-0.2, 0) is 14.8 Å². The average molecular weight is 408 g/mol. The molecule has 1 N–H and O–H groups in total. The van der Waals surface area contributed by atoms with Crippen molar-refractivity contribution in [3.8, 4) is 0 Å². The maximum atomic E-state index is 12.7. The molecule has 0 saturated carbocycles. The normalized spacial score (nSPS) is 15.4. The molecule has 2 aromatic carbocycles. The number of anilines is 1. The minimum Gasteiger partial charge on any atom is -0.343 e. The average Bonchev–Trinajstić information content (AvgIpc) is 2.68. The Morgan fingerprint density at radius 2 is 1.70 bits per heavy atom. The number of amides is 2. The van der Waals surface area contributed by atoms with Crippen molar-refractivity contribution in [2.75, 3.05) is 31.5 Å². The maximum Gasteiger partial charge on any atom is 0.255 e. The van der Waals surface area contributed by atoms with Crippen LogP contribution in [0.2, 0.25) is 5.02 Å². The minimum absolute atomic E-state index is 0.112. The lowest BCUT2D eigenvalue weighted by molar-refractivity contribution is -0.119. The smallest absolute Gasteiger partial charge is 0.255 e. The van der Waals surface area contributed by atoms with Crippen LogP contribution in [-0.4, -0.2) is 56.1 Å². The van der Waals surface area contributed by atoms with E-state index in [1.165, 1.54) is 33.5 Å². The van der Waals surface area contributed by atoms with Crippen LogP contribution >= 0.6 is 11.6 Å². The molecule has 0 radical (unpaired) electrons. The first-order chi connectivity index (χ1) is 12.9. The van der Waals surface area contributed by atoms with E-state index in [2.05, 4.69) is 5.32 Å². The molecule has 3 rings (SSSR count). The highest BCUT2D eigenvalue weighted by molar-refractivity contribution is 7.89. The Hall–Kier alpha value is -2.42. The molecule has 0 bridgehead atoms. The minimum atomic E-state index is -3.66. The molecule has 27 heavy (non-hydrogen) atoms. The van der Waals surface area contributed by atoms with Crippen molar-refractivity contribution in [1.82, 2.24) is 9.21 Å². The first-order valence-corrected chi connectivity index (χ1v) is 10.1. The molecule has 2 amide bonds. The molecule has 1 fully saturated rings. The quantitative estimate of drug-likeness (QED) is 0.768. The van der Waals surface area contributed by atoms with Gasteiger partial charge in [-0.25, -0.2) is 8.42 Å². The summed E-state index contributed by atoms with van der Waals surface area (Å²) in [6.07, 6.45) is 0.720. The molecule has 142 valence electrons. The summed E-state index contributed by atoms with van der Waals surface area (Å²) in [5, 5.41) is 3.21. The number of nitrogens with one attached hydrogen (secondary N) is 1. The van der Waals surface area contributed by atoms with Crippen molar-refractivity contribution in [1.29, 1.82) is 0 Å². The van der Waals surface area contributed by atoms with Crippen molar-refractivity contribution >= 4 is 39.6 Å². The Labute approximate surface area is 162 Å². The number of hydrogen-bond donors (Lipinski definition) is 1. The van der Waals surface area contributed by atoms with Gasteiger partial charge in [-0.3, -0.25) is 9.59 Å². The SMILES string of the molecule is O=CN1CCN(S(=O)(=O)c2ccc(C(=O)Nc3cccc(Cl)c3)cc2)CC1. The van der Waals surface area contributed by atoms with Gasteiger partial charge in [0.2, 0.25) is 16.4 Å². The summed E-state index contributed by atoms with van der Waals surface area (Å²) in [6.45, 7) is 1.22. The van der Waals surface area contributed by atoms with Gasteiger partial charge in [0.15, 0.2) is 0 Å². The van der Waals surface area contributed by atoms with E-state index in [0.29, 0.717) is 29.4 Å². The van der Waals surface area contributed by atoms with Gasteiger partial charge in [-0.05, 0) is 42.5 Å². The zero-order chi connectivity index (χ0) is 19.4. The third-order valence-corrected chi connectivity index (χ3v) is 6.41. The van der Waals surface area contributed by atoms with Crippen LogP contribution in [0.15, 0.2) is 53.4 Å². The van der Waals surface area contributed by atoms with Crippen molar-refractivity contribution in [3.63, 3.8) is 0 Å². The van der Waals surface area contributed by atoms with Gasteiger partial charge in [0.1, 0.15) is 0 Å². The molecule has 9 heteroatoms. The number of sulfonamides is 1. The summed E-state index contributed by atoms with van der Waals surface area (Å²) in [5.41, 5.74) is 0.886. The van der Waals surface area contributed by atoms with E-state index in [4.69, 9.17) is 11.6 Å². The molecule has 1 aliphatic heterocycles. The summed E-state index contributed by atoms with van der Waals surface area (Å²) in [5.74, 6) is -0.360. The Balaban J connectivity index is 1.71. The Morgan fingerprint density at radius 1 is 1.04 bits per heavy atom. The number of hydrogen-bond acceptors (Lipinski definition) is 4. The third kappa shape index (κ3) is 4.47. The van der Waals surface area contributed by atoms with E-state index >= 15 is 0 Å². The number of nitrogens with zero attached hydrogens (tertiary/aromatic N) is 2. The molecule has 1 saturated heterocycles. The van der Waals surface area contributed by atoms with E-state index in [9.17, 15) is 18.0 Å². The Kier molecular flexibility index (Phi) is 5.79. The Morgan fingerprint density at radius 3 is 2.30 bits per heavy atom. The topological polar surface area (TPSA) is 86.8 Å². The second-order valence-electron chi connectivity index (χ2n) is 6.03. The van der Waals surface area contributed by atoms with Crippen molar-refractivity contribution in [3.05, 3.63) is 59.1 Å². The largest absolute Gasteiger partial charge is 0.343 e. The fourth-order valence-corrected chi connectivity index (χ4v) is 4.36. The number of piperazine rings is 1. The van der Waals surface area contributed by atoms with E-state index in [-0.39, 0.29) is 23.9 Å². The molecule has 0 unspecified atom stereocenters. The number of carbonyl (C=O) groups excluding carboxylic acids is 2. The monoisotopic (exact) mass is 407 g/mol. The van der Waals surface area contributed by atoms with Crippen molar-refractivity contribution in [2.24, 2.45) is 0 Å².